The molecule has 0 heterocycles. The van der Waals surface area contributed by atoms with Crippen LogP contribution in [-0.2, 0) is 0 Å². The molecule has 1 rings (SSSR count). The van der Waals surface area contributed by atoms with Gasteiger partial charge >= 0.3 is 0 Å². The molecule has 1 unspecified atom stereocenters. The van der Waals surface area contributed by atoms with Gasteiger partial charge in [-0.2, -0.15) is 5.26 Å². The highest BCUT2D eigenvalue weighted by Crippen LogP contribution is 2.28. The van der Waals surface area contributed by atoms with Crippen molar-refractivity contribution in [2.45, 2.75) is 32.2 Å². The Labute approximate surface area is 108 Å². The van der Waals surface area contributed by atoms with Crippen molar-refractivity contribution in [3.63, 3.8) is 0 Å². The number of rotatable bonds is 7. The van der Waals surface area contributed by atoms with Crippen LogP contribution in [0.5, 0.6) is 5.75 Å². The monoisotopic (exact) mass is 248 g/mol. The molecule has 0 radical (unpaired) electrons. The molecule has 2 N–H and O–H groups in total. The van der Waals surface area contributed by atoms with E-state index in [1.807, 2.05) is 25.1 Å². The lowest BCUT2D eigenvalue weighted by Gasteiger charge is -2.17. The average Bonchev–Trinajstić information content (AvgIpc) is 2.39. The number of anilines is 1. The number of nitriles is 1. The van der Waals surface area contributed by atoms with E-state index >= 15 is 0 Å². The van der Waals surface area contributed by atoms with Gasteiger partial charge in [0, 0.05) is 6.61 Å². The van der Waals surface area contributed by atoms with E-state index in [9.17, 15) is 0 Å². The Morgan fingerprint density at radius 3 is 2.83 bits per heavy atom. The van der Waals surface area contributed by atoms with E-state index in [2.05, 4.69) is 11.4 Å². The van der Waals surface area contributed by atoms with Crippen molar-refractivity contribution in [3.05, 3.63) is 23.8 Å². The van der Waals surface area contributed by atoms with E-state index < -0.39 is 0 Å². The van der Waals surface area contributed by atoms with Crippen LogP contribution in [0.3, 0.4) is 0 Å². The van der Waals surface area contributed by atoms with Crippen LogP contribution in [-0.4, -0.2) is 24.9 Å². The number of methoxy groups -OCH3 is 1. The average molecular weight is 248 g/mol. The van der Waals surface area contributed by atoms with Gasteiger partial charge in [0.2, 0.25) is 0 Å². The van der Waals surface area contributed by atoms with Gasteiger partial charge in [0.15, 0.2) is 0 Å². The third kappa shape index (κ3) is 3.94. The molecule has 0 aliphatic carbocycles. The molecule has 0 aliphatic heterocycles. The maximum absolute atomic E-state index is 9.13. The van der Waals surface area contributed by atoms with E-state index in [0.29, 0.717) is 6.42 Å². The minimum Gasteiger partial charge on any atom is -0.495 e. The zero-order chi connectivity index (χ0) is 13.4. The number of unbranched alkanes of at least 4 members (excludes halogenated alkanes) is 1. The summed E-state index contributed by atoms with van der Waals surface area (Å²) in [6.45, 7) is 2.15. The fourth-order valence-corrected chi connectivity index (χ4v) is 1.80. The molecular weight excluding hydrogens is 228 g/mol. The molecule has 0 spiro atoms. The highest BCUT2D eigenvalue weighted by atomic mass is 16.5. The summed E-state index contributed by atoms with van der Waals surface area (Å²) < 4.78 is 5.29. The SMILES string of the molecule is COc1cccc(C)c1NC(C#N)CCCCO. The lowest BCUT2D eigenvalue weighted by Crippen LogP contribution is -2.18. The number of aliphatic hydroxyl groups is 1. The van der Waals surface area contributed by atoms with E-state index in [1.54, 1.807) is 7.11 Å². The van der Waals surface area contributed by atoms with Gasteiger partial charge < -0.3 is 15.2 Å². The van der Waals surface area contributed by atoms with E-state index in [0.717, 1.165) is 29.8 Å². The van der Waals surface area contributed by atoms with E-state index in [-0.39, 0.29) is 12.6 Å². The van der Waals surface area contributed by atoms with E-state index in [1.165, 1.54) is 0 Å². The molecule has 0 aromatic heterocycles. The molecule has 0 saturated carbocycles. The fraction of sp³-hybridized carbons (Fsp3) is 0.500. The Morgan fingerprint density at radius 1 is 1.44 bits per heavy atom. The number of para-hydroxylation sites is 1. The van der Waals surface area contributed by atoms with Crippen LogP contribution in [0.1, 0.15) is 24.8 Å². The van der Waals surface area contributed by atoms with Crippen molar-refractivity contribution in [1.29, 1.82) is 5.26 Å². The van der Waals surface area contributed by atoms with Gasteiger partial charge in [0.1, 0.15) is 11.8 Å². The largest absolute Gasteiger partial charge is 0.495 e. The summed E-state index contributed by atoms with van der Waals surface area (Å²) in [5.74, 6) is 0.748. The van der Waals surface area contributed by atoms with Crippen LogP contribution in [0.25, 0.3) is 0 Å². The van der Waals surface area contributed by atoms with Crippen LogP contribution >= 0.6 is 0 Å². The smallest absolute Gasteiger partial charge is 0.142 e. The first-order valence-electron chi connectivity index (χ1n) is 6.13. The van der Waals surface area contributed by atoms with Crippen LogP contribution < -0.4 is 10.1 Å². The Morgan fingerprint density at radius 2 is 2.22 bits per heavy atom. The van der Waals surface area contributed by atoms with Gasteiger partial charge in [-0.1, -0.05) is 12.1 Å². The lowest BCUT2D eigenvalue weighted by molar-refractivity contribution is 0.283. The van der Waals surface area contributed by atoms with Gasteiger partial charge in [-0.15, -0.1) is 0 Å². The number of nitrogens with one attached hydrogen (secondary N) is 1. The van der Waals surface area contributed by atoms with Crippen molar-refractivity contribution in [1.82, 2.24) is 0 Å². The summed E-state index contributed by atoms with van der Waals surface area (Å²) >= 11 is 0. The number of hydrogen-bond donors (Lipinski definition) is 2. The van der Waals surface area contributed by atoms with Crippen LogP contribution in [0.2, 0.25) is 0 Å². The first-order valence-corrected chi connectivity index (χ1v) is 6.13. The van der Waals surface area contributed by atoms with Crippen LogP contribution in [0, 0.1) is 18.3 Å². The Hall–Kier alpha value is -1.73. The van der Waals surface area contributed by atoms with Crippen molar-refractivity contribution in [3.8, 4) is 11.8 Å². The summed E-state index contributed by atoms with van der Waals surface area (Å²) in [7, 11) is 1.62. The van der Waals surface area contributed by atoms with Crippen molar-refractivity contribution >= 4 is 5.69 Å². The molecule has 4 heteroatoms. The van der Waals surface area contributed by atoms with Crippen molar-refractivity contribution in [2.24, 2.45) is 0 Å². The van der Waals surface area contributed by atoms with E-state index in [4.69, 9.17) is 15.1 Å². The highest BCUT2D eigenvalue weighted by molar-refractivity contribution is 5.62. The van der Waals surface area contributed by atoms with Gasteiger partial charge in [-0.3, -0.25) is 0 Å². The summed E-state index contributed by atoms with van der Waals surface area (Å²) in [4.78, 5) is 0. The quantitative estimate of drug-likeness (QED) is 0.727. The van der Waals surface area contributed by atoms with Gasteiger partial charge in [-0.05, 0) is 37.8 Å². The molecule has 0 fully saturated rings. The predicted molar refractivity (Wildman–Crippen MR) is 71.7 cm³/mol. The zero-order valence-electron chi connectivity index (χ0n) is 10.9. The number of nitrogens with zero attached hydrogens (tertiary/aromatic N) is 1. The Bertz CT molecular complexity index is 413. The molecule has 0 bridgehead atoms. The van der Waals surface area contributed by atoms with Crippen molar-refractivity contribution in [2.75, 3.05) is 19.0 Å². The summed E-state index contributed by atoms with van der Waals surface area (Å²) in [6, 6.07) is 7.76. The number of benzene rings is 1. The minimum atomic E-state index is -0.258. The summed E-state index contributed by atoms with van der Waals surface area (Å²) in [5.41, 5.74) is 1.92. The first kappa shape index (κ1) is 14.3. The van der Waals surface area contributed by atoms with Gasteiger partial charge in [0.05, 0.1) is 18.9 Å². The summed E-state index contributed by atoms with van der Waals surface area (Å²) in [5, 5.41) is 21.1. The maximum Gasteiger partial charge on any atom is 0.142 e. The molecule has 98 valence electrons. The van der Waals surface area contributed by atoms with Crippen LogP contribution in [0.15, 0.2) is 18.2 Å². The highest BCUT2D eigenvalue weighted by Gasteiger charge is 2.12. The third-order valence-electron chi connectivity index (χ3n) is 2.83. The fourth-order valence-electron chi connectivity index (χ4n) is 1.80. The Balaban J connectivity index is 2.72. The second kappa shape index (κ2) is 7.57. The third-order valence-corrected chi connectivity index (χ3v) is 2.83. The molecule has 1 aromatic carbocycles. The number of aryl methyl sites for hydroxylation is 1. The zero-order valence-corrected chi connectivity index (χ0v) is 10.9. The molecule has 0 amide bonds. The topological polar surface area (TPSA) is 65.3 Å². The molecular formula is C14H20N2O2. The number of ether oxygens (including phenoxy) is 1. The normalized spacial score (nSPS) is 11.7. The molecule has 0 saturated heterocycles. The number of aliphatic hydroxyl groups excluding tert-OH is 1. The Kier molecular flexibility index (Phi) is 6.03. The lowest BCUT2D eigenvalue weighted by atomic mass is 10.1. The van der Waals surface area contributed by atoms with Gasteiger partial charge in [-0.25, -0.2) is 0 Å². The molecule has 1 aromatic rings. The maximum atomic E-state index is 9.13. The predicted octanol–water partition coefficient (Wildman–Crippen LogP) is 2.47. The van der Waals surface area contributed by atoms with Gasteiger partial charge in [0.25, 0.3) is 0 Å². The second-order valence-corrected chi connectivity index (χ2v) is 4.20. The molecule has 4 nitrogen and oxygen atoms in total. The minimum absolute atomic E-state index is 0.172. The first-order chi connectivity index (χ1) is 8.72. The second-order valence-electron chi connectivity index (χ2n) is 4.20. The number of hydrogen-bond acceptors (Lipinski definition) is 4. The summed E-state index contributed by atoms with van der Waals surface area (Å²) in [6.07, 6.45) is 2.27. The van der Waals surface area contributed by atoms with Crippen LogP contribution in [0.4, 0.5) is 5.69 Å². The van der Waals surface area contributed by atoms with Crippen molar-refractivity contribution < 1.29 is 9.84 Å². The molecule has 1 atom stereocenters. The molecule has 0 aliphatic rings. The standard InChI is InChI=1S/C14H20N2O2/c1-11-6-5-8-13(18-2)14(11)16-12(10-15)7-3-4-9-17/h5-6,8,12,16-17H,3-4,7,9H2,1-2H3. The molecule has 18 heavy (non-hydrogen) atoms.